The van der Waals surface area contributed by atoms with Crippen molar-refractivity contribution in [2.75, 3.05) is 5.32 Å². The van der Waals surface area contributed by atoms with Crippen LogP contribution in [0.5, 0.6) is 0 Å². The fourth-order valence-corrected chi connectivity index (χ4v) is 3.49. The number of nitrogens with zero attached hydrogens (tertiary/aromatic N) is 3. The SMILES string of the molecule is [CH2][C@@H]1C[C@@H](Nc2ccnc3cc(-c4cc(C(F)(F)F)ccc4F)nn23)C(O)C1O. The van der Waals surface area contributed by atoms with Crippen LogP contribution in [-0.4, -0.2) is 43.1 Å². The van der Waals surface area contributed by atoms with Gasteiger partial charge in [0.25, 0.3) is 0 Å². The van der Waals surface area contributed by atoms with Crippen LogP contribution in [0.3, 0.4) is 0 Å². The van der Waals surface area contributed by atoms with E-state index in [0.717, 1.165) is 6.07 Å². The average molecular weight is 409 g/mol. The molecule has 153 valence electrons. The number of nitrogens with one attached hydrogen (secondary N) is 1. The van der Waals surface area contributed by atoms with Crippen LogP contribution in [0.25, 0.3) is 16.9 Å². The maximum absolute atomic E-state index is 14.2. The highest BCUT2D eigenvalue weighted by molar-refractivity contribution is 5.67. The number of aliphatic hydroxyl groups excluding tert-OH is 2. The second-order valence-electron chi connectivity index (χ2n) is 7.05. The zero-order valence-corrected chi connectivity index (χ0v) is 14.9. The molecule has 0 amide bonds. The van der Waals surface area contributed by atoms with Crippen LogP contribution >= 0.6 is 0 Å². The molecule has 1 saturated carbocycles. The maximum atomic E-state index is 14.2. The molecule has 6 nitrogen and oxygen atoms in total. The number of aliphatic hydroxyl groups is 2. The van der Waals surface area contributed by atoms with Crippen LogP contribution in [-0.2, 0) is 6.18 Å². The Balaban J connectivity index is 1.72. The normalized spacial score (nSPS) is 24.9. The van der Waals surface area contributed by atoms with Gasteiger partial charge in [-0.25, -0.2) is 9.37 Å². The topological polar surface area (TPSA) is 82.7 Å². The zero-order valence-electron chi connectivity index (χ0n) is 14.9. The van der Waals surface area contributed by atoms with Crippen molar-refractivity contribution in [1.29, 1.82) is 0 Å². The van der Waals surface area contributed by atoms with E-state index in [1.54, 1.807) is 6.07 Å². The van der Waals surface area contributed by atoms with Crippen molar-refractivity contribution in [3.63, 3.8) is 0 Å². The van der Waals surface area contributed by atoms with Crippen LogP contribution in [0.4, 0.5) is 23.4 Å². The average Bonchev–Trinajstić information content (AvgIpc) is 3.19. The molecule has 4 rings (SSSR count). The molecular formula is C19H17F4N4O2. The molecule has 2 unspecified atom stereocenters. The number of fused-ring (bicyclic) bond motifs is 1. The van der Waals surface area contributed by atoms with E-state index in [9.17, 15) is 27.8 Å². The Morgan fingerprint density at radius 3 is 2.55 bits per heavy atom. The van der Waals surface area contributed by atoms with Gasteiger partial charge in [-0.3, -0.25) is 0 Å². The summed E-state index contributed by atoms with van der Waals surface area (Å²) in [6, 6.07) is 4.54. The second-order valence-corrected chi connectivity index (χ2v) is 7.05. The van der Waals surface area contributed by atoms with E-state index in [0.29, 0.717) is 24.4 Å². The molecule has 29 heavy (non-hydrogen) atoms. The number of hydrogen-bond donors (Lipinski definition) is 3. The van der Waals surface area contributed by atoms with Crippen molar-refractivity contribution in [2.45, 2.75) is 30.8 Å². The van der Waals surface area contributed by atoms with E-state index in [1.165, 1.54) is 16.8 Å². The third kappa shape index (κ3) is 3.53. The largest absolute Gasteiger partial charge is 0.416 e. The molecule has 0 aliphatic heterocycles. The summed E-state index contributed by atoms with van der Waals surface area (Å²) in [5.74, 6) is -0.809. The number of rotatable bonds is 3. The Kier molecular flexibility index (Phi) is 4.70. The Bertz CT molecular complexity index is 1050. The Hall–Kier alpha value is -2.72. The van der Waals surface area contributed by atoms with E-state index >= 15 is 0 Å². The van der Waals surface area contributed by atoms with Gasteiger partial charge in [-0.15, -0.1) is 0 Å². The van der Waals surface area contributed by atoms with Crippen LogP contribution in [0.2, 0.25) is 0 Å². The molecule has 1 radical (unpaired) electrons. The summed E-state index contributed by atoms with van der Waals surface area (Å²) < 4.78 is 54.5. The first-order valence-corrected chi connectivity index (χ1v) is 8.83. The van der Waals surface area contributed by atoms with Crippen LogP contribution < -0.4 is 5.32 Å². The highest BCUT2D eigenvalue weighted by Crippen LogP contribution is 2.34. The molecule has 1 fully saturated rings. The zero-order chi connectivity index (χ0) is 20.9. The minimum Gasteiger partial charge on any atom is -0.390 e. The predicted molar refractivity (Wildman–Crippen MR) is 96.3 cm³/mol. The third-order valence-electron chi connectivity index (χ3n) is 5.06. The molecule has 0 spiro atoms. The third-order valence-corrected chi connectivity index (χ3v) is 5.06. The molecule has 3 aromatic rings. The maximum Gasteiger partial charge on any atom is 0.416 e. The first kappa shape index (κ1) is 19.6. The molecule has 0 saturated heterocycles. The van der Waals surface area contributed by atoms with Gasteiger partial charge in [0.1, 0.15) is 17.7 Å². The van der Waals surface area contributed by atoms with E-state index in [1.807, 2.05) is 0 Å². The number of alkyl halides is 3. The molecule has 10 heteroatoms. The van der Waals surface area contributed by atoms with E-state index in [4.69, 9.17) is 0 Å². The first-order valence-electron chi connectivity index (χ1n) is 8.83. The molecule has 1 aromatic carbocycles. The van der Waals surface area contributed by atoms with Crippen molar-refractivity contribution >= 4 is 11.5 Å². The minimum absolute atomic E-state index is 0.0163. The van der Waals surface area contributed by atoms with Gasteiger partial charge in [-0.05, 0) is 43.5 Å². The van der Waals surface area contributed by atoms with Gasteiger partial charge in [0.05, 0.1) is 23.4 Å². The van der Waals surface area contributed by atoms with E-state index in [2.05, 4.69) is 22.3 Å². The molecule has 1 aliphatic rings. The summed E-state index contributed by atoms with van der Waals surface area (Å²) in [6.45, 7) is 3.79. The van der Waals surface area contributed by atoms with Gasteiger partial charge in [-0.1, -0.05) is 0 Å². The first-order chi connectivity index (χ1) is 13.6. The summed E-state index contributed by atoms with van der Waals surface area (Å²) in [4.78, 5) is 4.10. The van der Waals surface area contributed by atoms with Crippen LogP contribution in [0, 0.1) is 18.7 Å². The second kappa shape index (κ2) is 6.96. The minimum atomic E-state index is -4.61. The summed E-state index contributed by atoms with van der Waals surface area (Å²) in [7, 11) is 0. The van der Waals surface area contributed by atoms with Gasteiger partial charge in [0.2, 0.25) is 0 Å². The van der Waals surface area contributed by atoms with Gasteiger partial charge < -0.3 is 15.5 Å². The molecule has 3 N–H and O–H groups in total. The Morgan fingerprint density at radius 2 is 1.90 bits per heavy atom. The standard InChI is InChI=1S/C19H17F4N4O2/c1-9-6-14(18(29)17(9)28)25-15-4-5-24-16-8-13(26-27(15)16)11-7-10(19(21,22)23)2-3-12(11)20/h2-5,7-9,14,17-18,25,28-29H,1,6H2/t9-,14-,17?,18?/m1/s1. The Morgan fingerprint density at radius 1 is 1.14 bits per heavy atom. The lowest BCUT2D eigenvalue weighted by Gasteiger charge is -2.19. The molecule has 0 bridgehead atoms. The van der Waals surface area contributed by atoms with Gasteiger partial charge in [0.15, 0.2) is 5.65 Å². The lowest BCUT2D eigenvalue weighted by Crippen LogP contribution is -2.35. The van der Waals surface area contributed by atoms with Gasteiger partial charge in [-0.2, -0.15) is 22.8 Å². The number of benzene rings is 1. The van der Waals surface area contributed by atoms with Crippen molar-refractivity contribution < 1.29 is 27.8 Å². The summed E-state index contributed by atoms with van der Waals surface area (Å²) in [5.41, 5.74) is -1.02. The quantitative estimate of drug-likeness (QED) is 0.580. The fraction of sp³-hybridized carbons (Fsp3) is 0.316. The smallest absolute Gasteiger partial charge is 0.390 e. The highest BCUT2D eigenvalue weighted by atomic mass is 19.4. The number of anilines is 1. The van der Waals surface area contributed by atoms with Gasteiger partial charge >= 0.3 is 6.18 Å². The summed E-state index contributed by atoms with van der Waals surface area (Å²) in [5, 5.41) is 27.3. The number of hydrogen-bond acceptors (Lipinski definition) is 5. The summed E-state index contributed by atoms with van der Waals surface area (Å²) >= 11 is 0. The monoisotopic (exact) mass is 409 g/mol. The van der Waals surface area contributed by atoms with E-state index < -0.39 is 35.8 Å². The summed E-state index contributed by atoms with van der Waals surface area (Å²) in [6.07, 6.45) is -4.78. The van der Waals surface area contributed by atoms with Crippen molar-refractivity contribution in [3.05, 3.63) is 54.8 Å². The number of aromatic nitrogens is 3. The van der Waals surface area contributed by atoms with Crippen molar-refractivity contribution in [2.24, 2.45) is 5.92 Å². The molecule has 2 aromatic heterocycles. The molecular weight excluding hydrogens is 392 g/mol. The van der Waals surface area contributed by atoms with Gasteiger partial charge in [0, 0.05) is 17.8 Å². The lowest BCUT2D eigenvalue weighted by atomic mass is 10.1. The molecule has 1 aliphatic carbocycles. The molecule has 4 atom stereocenters. The fourth-order valence-electron chi connectivity index (χ4n) is 3.49. The highest BCUT2D eigenvalue weighted by Gasteiger charge is 2.39. The molecule has 2 heterocycles. The van der Waals surface area contributed by atoms with Crippen LogP contribution in [0.15, 0.2) is 36.5 Å². The van der Waals surface area contributed by atoms with Crippen molar-refractivity contribution in [1.82, 2.24) is 14.6 Å². The number of halogens is 4. The van der Waals surface area contributed by atoms with Crippen LogP contribution in [0.1, 0.15) is 12.0 Å². The van der Waals surface area contributed by atoms with Crippen molar-refractivity contribution in [3.8, 4) is 11.3 Å². The predicted octanol–water partition coefficient (Wildman–Crippen LogP) is 2.91. The van der Waals surface area contributed by atoms with E-state index in [-0.39, 0.29) is 22.8 Å². The Labute approximate surface area is 162 Å². The lowest BCUT2D eigenvalue weighted by molar-refractivity contribution is -0.137.